The number of pyridine rings is 1. The van der Waals surface area contributed by atoms with E-state index in [9.17, 15) is 18.4 Å². The van der Waals surface area contributed by atoms with Gasteiger partial charge in [-0.2, -0.15) is 8.78 Å². The number of alkyl halides is 2. The number of benzene rings is 2. The Morgan fingerprint density at radius 2 is 1.76 bits per heavy atom. The topological polar surface area (TPSA) is 131 Å². The maximum absolute atomic E-state index is 14.0. The Bertz CT molecular complexity index is 1820. The third kappa shape index (κ3) is 5.32. The molecule has 236 valence electrons. The molecule has 2 aromatic heterocycles. The van der Waals surface area contributed by atoms with Gasteiger partial charge in [-0.1, -0.05) is 35.4 Å². The van der Waals surface area contributed by atoms with Gasteiger partial charge in [0, 0.05) is 48.5 Å². The minimum atomic E-state index is -2.78. The zero-order valence-corrected chi connectivity index (χ0v) is 24.6. The van der Waals surface area contributed by atoms with Crippen LogP contribution >= 0.6 is 0 Å². The maximum atomic E-state index is 14.0. The lowest BCUT2D eigenvalue weighted by molar-refractivity contribution is -0.117. The molecule has 4 aromatic rings. The highest BCUT2D eigenvalue weighted by Gasteiger charge is 2.46. The van der Waals surface area contributed by atoms with Gasteiger partial charge in [0.05, 0.1) is 6.04 Å². The second kappa shape index (κ2) is 11.4. The predicted octanol–water partition coefficient (Wildman–Crippen LogP) is 4.13. The van der Waals surface area contributed by atoms with E-state index in [0.29, 0.717) is 58.0 Å². The molecular formula is C32H31F2N9O3. The number of fused-ring (bicyclic) bond motifs is 3. The minimum absolute atomic E-state index is 0.0186. The normalized spacial score (nSPS) is 22.1. The van der Waals surface area contributed by atoms with Crippen molar-refractivity contribution in [1.29, 1.82) is 0 Å². The number of hydrogen-bond acceptors (Lipinski definition) is 10. The van der Waals surface area contributed by atoms with Gasteiger partial charge in [0.1, 0.15) is 11.2 Å². The number of oxazole rings is 1. The van der Waals surface area contributed by atoms with Gasteiger partial charge in [-0.3, -0.25) is 24.9 Å². The van der Waals surface area contributed by atoms with Crippen molar-refractivity contribution in [2.75, 3.05) is 18.4 Å². The van der Waals surface area contributed by atoms with Crippen LogP contribution in [-0.2, 0) is 4.79 Å². The van der Waals surface area contributed by atoms with Crippen LogP contribution < -0.4 is 16.3 Å². The number of hydrogen-bond donors (Lipinski definition) is 3. The van der Waals surface area contributed by atoms with Gasteiger partial charge in [-0.25, -0.2) is 10.5 Å². The number of nitrogens with zero attached hydrogens (tertiary/aromatic N) is 6. The number of piperazine rings is 1. The number of rotatable bonds is 8. The first-order valence-electron chi connectivity index (χ1n) is 15.4. The number of amidine groups is 1. The number of carbonyl (C=O) groups excluding carboxylic acids is 2. The molecular weight excluding hydrogens is 596 g/mol. The van der Waals surface area contributed by atoms with E-state index >= 15 is 0 Å². The third-order valence-corrected chi connectivity index (χ3v) is 9.02. The van der Waals surface area contributed by atoms with Crippen molar-refractivity contribution in [2.45, 2.75) is 50.4 Å². The molecule has 1 aliphatic carbocycles. The standard InChI is InChI=1S/C32H31F2N9O3/c33-32(34)43-39-28(38-40-43)27(18-4-2-1-3-5-18)41-16-22-9-10-23(17-41)42(22)31(45)25-14-20(12-13-35-25)30-37-24-15-21(8-11-26(24)46-30)36-29(44)19-6-7-19/h1-5,8,11-15,19,22-23,27,32,40H,6-7,9-10,16-17H2,(H,36,44)(H,38,39). The quantitative estimate of drug-likeness (QED) is 0.247. The van der Waals surface area contributed by atoms with Crippen LogP contribution in [-0.4, -0.2) is 74.3 Å². The summed E-state index contributed by atoms with van der Waals surface area (Å²) >= 11 is 0. The summed E-state index contributed by atoms with van der Waals surface area (Å²) in [6.45, 7) is -1.69. The van der Waals surface area contributed by atoms with E-state index in [2.05, 4.69) is 36.2 Å². The molecule has 5 heterocycles. The molecule has 2 aromatic carbocycles. The first-order valence-corrected chi connectivity index (χ1v) is 15.4. The molecule has 0 spiro atoms. The molecule has 0 radical (unpaired) electrons. The van der Waals surface area contributed by atoms with E-state index in [1.54, 1.807) is 36.5 Å². The van der Waals surface area contributed by atoms with E-state index in [1.165, 1.54) is 0 Å². The largest absolute Gasteiger partial charge is 0.436 e. The van der Waals surface area contributed by atoms with Crippen LogP contribution in [0.4, 0.5) is 14.5 Å². The van der Waals surface area contributed by atoms with E-state index in [1.807, 2.05) is 35.2 Å². The Morgan fingerprint density at radius 3 is 2.48 bits per heavy atom. The van der Waals surface area contributed by atoms with E-state index in [-0.39, 0.29) is 29.8 Å². The van der Waals surface area contributed by atoms with Crippen molar-refractivity contribution in [3.8, 4) is 11.5 Å². The monoisotopic (exact) mass is 627 g/mol. The molecule has 3 N–H and O–H groups in total. The van der Waals surface area contributed by atoms with Gasteiger partial charge in [-0.15, -0.1) is 5.10 Å². The lowest BCUT2D eigenvalue weighted by atomic mass is 10.0. The molecule has 3 unspecified atom stereocenters. The fraction of sp³-hybridized carbons (Fsp3) is 0.344. The van der Waals surface area contributed by atoms with Gasteiger partial charge in [-0.05, 0) is 61.6 Å². The minimum Gasteiger partial charge on any atom is -0.436 e. The first kappa shape index (κ1) is 28.5. The molecule has 1 saturated carbocycles. The SMILES string of the molecule is O=C(Nc1ccc2oc(-c3ccnc(C(=O)N4C5CCC4CN(C(C4=NNN(C(F)F)N4)c4ccccc4)C5)c3)nc2c1)C1CC1. The lowest BCUT2D eigenvalue weighted by Crippen LogP contribution is -2.58. The third-order valence-electron chi connectivity index (χ3n) is 9.02. The van der Waals surface area contributed by atoms with Crippen LogP contribution in [0.5, 0.6) is 0 Å². The van der Waals surface area contributed by atoms with Gasteiger partial charge >= 0.3 is 6.55 Å². The molecule has 14 heteroatoms. The fourth-order valence-electron chi connectivity index (χ4n) is 6.68. The summed E-state index contributed by atoms with van der Waals surface area (Å²) in [5, 5.41) is 7.68. The van der Waals surface area contributed by atoms with Crippen LogP contribution in [0.15, 0.2) is 76.4 Å². The Kier molecular flexibility index (Phi) is 7.10. The van der Waals surface area contributed by atoms with Crippen LogP contribution in [0, 0.1) is 5.92 Å². The summed E-state index contributed by atoms with van der Waals surface area (Å²) in [5.41, 5.74) is 8.72. The molecule has 2 saturated heterocycles. The zero-order valence-electron chi connectivity index (χ0n) is 24.6. The first-order chi connectivity index (χ1) is 22.4. The van der Waals surface area contributed by atoms with Gasteiger partial charge in [0.25, 0.3) is 5.91 Å². The number of hydrazine groups is 2. The predicted molar refractivity (Wildman–Crippen MR) is 164 cm³/mol. The van der Waals surface area contributed by atoms with Crippen LogP contribution in [0.2, 0.25) is 0 Å². The summed E-state index contributed by atoms with van der Waals surface area (Å²) in [7, 11) is 0. The fourth-order valence-corrected chi connectivity index (χ4v) is 6.68. The Hall–Kier alpha value is -4.95. The summed E-state index contributed by atoms with van der Waals surface area (Å²) < 4.78 is 32.7. The summed E-state index contributed by atoms with van der Waals surface area (Å²) in [4.78, 5) is 39.3. The summed E-state index contributed by atoms with van der Waals surface area (Å²) in [6.07, 6.45) is 5.06. The van der Waals surface area contributed by atoms with Crippen molar-refractivity contribution in [2.24, 2.45) is 11.0 Å². The molecule has 8 rings (SSSR count). The number of hydrazone groups is 1. The Labute approximate surface area is 262 Å². The number of nitrogens with one attached hydrogen (secondary N) is 3. The molecule has 2 amide bonds. The number of anilines is 1. The van der Waals surface area contributed by atoms with Crippen molar-refractivity contribution in [1.82, 2.24) is 35.8 Å². The molecule has 3 fully saturated rings. The van der Waals surface area contributed by atoms with E-state index in [0.717, 1.165) is 31.2 Å². The van der Waals surface area contributed by atoms with Gasteiger partial charge in [0.15, 0.2) is 11.4 Å². The second-order valence-corrected chi connectivity index (χ2v) is 12.1. The van der Waals surface area contributed by atoms with Crippen LogP contribution in [0.1, 0.15) is 47.8 Å². The van der Waals surface area contributed by atoms with Crippen LogP contribution in [0.25, 0.3) is 22.6 Å². The highest BCUT2D eigenvalue weighted by Crippen LogP contribution is 2.37. The lowest BCUT2D eigenvalue weighted by Gasteiger charge is -2.44. The van der Waals surface area contributed by atoms with Crippen molar-refractivity contribution >= 4 is 34.4 Å². The zero-order chi connectivity index (χ0) is 31.4. The Morgan fingerprint density at radius 1 is 0.978 bits per heavy atom. The van der Waals surface area contributed by atoms with Crippen molar-refractivity contribution in [3.05, 3.63) is 78.1 Å². The molecule has 3 aliphatic heterocycles. The van der Waals surface area contributed by atoms with Crippen molar-refractivity contribution < 1.29 is 22.8 Å². The number of amides is 2. The van der Waals surface area contributed by atoms with Crippen LogP contribution in [0.3, 0.4) is 0 Å². The number of aromatic nitrogens is 2. The number of likely N-dealkylation sites (tertiary alicyclic amines) is 1. The Balaban J connectivity index is 1.01. The number of carbonyl (C=O) groups is 2. The highest BCUT2D eigenvalue weighted by atomic mass is 19.3. The highest BCUT2D eigenvalue weighted by molar-refractivity contribution is 5.96. The molecule has 46 heavy (non-hydrogen) atoms. The number of halogens is 2. The van der Waals surface area contributed by atoms with Gasteiger partial charge < -0.3 is 14.6 Å². The summed E-state index contributed by atoms with van der Waals surface area (Å²) in [6, 6.07) is 17.8. The molecule has 2 bridgehead atoms. The second-order valence-electron chi connectivity index (χ2n) is 12.1. The van der Waals surface area contributed by atoms with Gasteiger partial charge in [0.2, 0.25) is 11.8 Å². The van der Waals surface area contributed by atoms with Crippen molar-refractivity contribution in [3.63, 3.8) is 0 Å². The molecule has 12 nitrogen and oxygen atoms in total. The summed E-state index contributed by atoms with van der Waals surface area (Å²) in [5.74, 6) is 0.663. The maximum Gasteiger partial charge on any atom is 0.329 e. The average Bonchev–Trinajstić information content (AvgIpc) is 3.56. The molecule has 3 atom stereocenters. The average molecular weight is 628 g/mol. The smallest absolute Gasteiger partial charge is 0.329 e. The van der Waals surface area contributed by atoms with E-state index < -0.39 is 12.6 Å². The van der Waals surface area contributed by atoms with E-state index in [4.69, 9.17) is 4.42 Å². The molecule has 4 aliphatic rings.